The Labute approximate surface area is 156 Å². The van der Waals surface area contributed by atoms with Gasteiger partial charge in [-0.05, 0) is 34.5 Å². The van der Waals surface area contributed by atoms with Gasteiger partial charge >= 0.3 is 12.0 Å². The highest BCUT2D eigenvalue weighted by atomic mass is 32.1. The summed E-state index contributed by atoms with van der Waals surface area (Å²) in [5.74, 6) is -0.818. The SMILES string of the molecule is CN(Cc1ccsc1)C(=O)COC(=O)CCNC(=O)Nc1ccccc1. The number of esters is 1. The maximum atomic E-state index is 11.9. The largest absolute Gasteiger partial charge is 0.456 e. The van der Waals surface area contributed by atoms with Crippen LogP contribution in [0.25, 0.3) is 0 Å². The number of likely N-dealkylation sites (N-methyl/N-ethyl adjacent to an activating group) is 1. The maximum Gasteiger partial charge on any atom is 0.319 e. The van der Waals surface area contributed by atoms with Gasteiger partial charge in [0.25, 0.3) is 5.91 Å². The number of anilines is 1. The molecule has 0 saturated carbocycles. The molecule has 2 N–H and O–H groups in total. The van der Waals surface area contributed by atoms with E-state index in [0.717, 1.165) is 5.56 Å². The first-order valence-corrected chi connectivity index (χ1v) is 8.99. The average molecular weight is 375 g/mol. The molecule has 2 aromatic rings. The van der Waals surface area contributed by atoms with Gasteiger partial charge in [-0.3, -0.25) is 9.59 Å². The molecule has 138 valence electrons. The van der Waals surface area contributed by atoms with E-state index in [4.69, 9.17) is 4.74 Å². The summed E-state index contributed by atoms with van der Waals surface area (Å²) in [5.41, 5.74) is 1.69. The molecule has 0 radical (unpaired) electrons. The number of carbonyl (C=O) groups excluding carboxylic acids is 3. The standard InChI is InChI=1S/C18H21N3O4S/c1-21(11-14-8-10-26-13-14)16(22)12-25-17(23)7-9-19-18(24)20-15-5-3-2-4-6-15/h2-6,8,10,13H,7,9,11-12H2,1H3,(H2,19,20,24). The summed E-state index contributed by atoms with van der Waals surface area (Å²) < 4.78 is 4.94. The van der Waals surface area contributed by atoms with Crippen molar-refractivity contribution >= 4 is 34.9 Å². The van der Waals surface area contributed by atoms with Crippen molar-refractivity contribution in [3.8, 4) is 0 Å². The Balaban J connectivity index is 1.59. The minimum absolute atomic E-state index is 0.0102. The van der Waals surface area contributed by atoms with Crippen LogP contribution in [0.4, 0.5) is 10.5 Å². The molecule has 3 amide bonds. The highest BCUT2D eigenvalue weighted by Crippen LogP contribution is 2.08. The van der Waals surface area contributed by atoms with Gasteiger partial charge in [-0.15, -0.1) is 0 Å². The number of urea groups is 1. The second kappa shape index (κ2) is 10.2. The van der Waals surface area contributed by atoms with Crippen molar-refractivity contribution in [3.63, 3.8) is 0 Å². The Morgan fingerprint density at radius 1 is 1.15 bits per heavy atom. The van der Waals surface area contributed by atoms with Gasteiger partial charge in [0.05, 0.1) is 6.42 Å². The predicted molar refractivity (Wildman–Crippen MR) is 99.8 cm³/mol. The second-order valence-electron chi connectivity index (χ2n) is 5.54. The summed E-state index contributed by atoms with van der Waals surface area (Å²) in [4.78, 5) is 36.8. The minimum Gasteiger partial charge on any atom is -0.456 e. The quantitative estimate of drug-likeness (QED) is 0.694. The van der Waals surface area contributed by atoms with E-state index in [1.54, 1.807) is 42.6 Å². The highest BCUT2D eigenvalue weighted by Gasteiger charge is 2.13. The van der Waals surface area contributed by atoms with Crippen molar-refractivity contribution in [1.82, 2.24) is 10.2 Å². The van der Waals surface area contributed by atoms with E-state index in [1.807, 2.05) is 22.9 Å². The lowest BCUT2D eigenvalue weighted by Gasteiger charge is -2.16. The van der Waals surface area contributed by atoms with Crippen LogP contribution in [0.15, 0.2) is 47.2 Å². The number of nitrogens with one attached hydrogen (secondary N) is 2. The number of rotatable bonds is 8. The van der Waals surface area contributed by atoms with Gasteiger partial charge in [-0.25, -0.2) is 4.79 Å². The molecule has 8 heteroatoms. The molecule has 0 unspecified atom stereocenters. The monoisotopic (exact) mass is 375 g/mol. The summed E-state index contributed by atoms with van der Waals surface area (Å²) in [6.07, 6.45) is -0.0102. The van der Waals surface area contributed by atoms with Crippen LogP contribution < -0.4 is 10.6 Å². The van der Waals surface area contributed by atoms with Crippen LogP contribution in [0.2, 0.25) is 0 Å². The minimum atomic E-state index is -0.540. The molecule has 2 rings (SSSR count). The highest BCUT2D eigenvalue weighted by molar-refractivity contribution is 7.07. The zero-order valence-electron chi connectivity index (χ0n) is 14.4. The van der Waals surface area contributed by atoms with E-state index in [2.05, 4.69) is 10.6 Å². The number of benzene rings is 1. The summed E-state index contributed by atoms with van der Waals surface area (Å²) >= 11 is 1.56. The molecule has 0 saturated heterocycles. The van der Waals surface area contributed by atoms with Crippen molar-refractivity contribution in [1.29, 1.82) is 0 Å². The maximum absolute atomic E-state index is 11.9. The van der Waals surface area contributed by atoms with E-state index in [1.165, 1.54) is 4.90 Å². The number of amides is 3. The van der Waals surface area contributed by atoms with Crippen LogP contribution in [0, 0.1) is 0 Å². The first kappa shape index (κ1) is 19.5. The lowest BCUT2D eigenvalue weighted by atomic mass is 10.3. The van der Waals surface area contributed by atoms with Gasteiger partial charge < -0.3 is 20.3 Å². The van der Waals surface area contributed by atoms with E-state index < -0.39 is 12.0 Å². The summed E-state index contributed by atoms with van der Waals surface area (Å²) in [7, 11) is 1.66. The van der Waals surface area contributed by atoms with Crippen LogP contribution in [0.5, 0.6) is 0 Å². The number of ether oxygens (including phenoxy) is 1. The fourth-order valence-corrected chi connectivity index (χ4v) is 2.70. The van der Waals surface area contributed by atoms with E-state index >= 15 is 0 Å². The molecule has 0 aliphatic heterocycles. The van der Waals surface area contributed by atoms with Gasteiger partial charge in [0.15, 0.2) is 6.61 Å². The molecule has 0 aliphatic carbocycles. The number of hydrogen-bond acceptors (Lipinski definition) is 5. The first-order chi connectivity index (χ1) is 12.5. The molecule has 26 heavy (non-hydrogen) atoms. The Morgan fingerprint density at radius 3 is 2.62 bits per heavy atom. The van der Waals surface area contributed by atoms with Crippen LogP contribution in [0.3, 0.4) is 0 Å². The van der Waals surface area contributed by atoms with E-state index in [-0.39, 0.29) is 25.5 Å². The van der Waals surface area contributed by atoms with Crippen molar-refractivity contribution in [2.45, 2.75) is 13.0 Å². The zero-order valence-corrected chi connectivity index (χ0v) is 15.3. The number of hydrogen-bond donors (Lipinski definition) is 2. The molecule has 0 aliphatic rings. The third-order valence-electron chi connectivity index (χ3n) is 3.43. The summed E-state index contributed by atoms with van der Waals surface area (Å²) in [5, 5.41) is 9.10. The summed E-state index contributed by atoms with van der Waals surface area (Å²) in [6.45, 7) is 0.285. The predicted octanol–water partition coefficient (Wildman–Crippen LogP) is 2.46. The van der Waals surface area contributed by atoms with Crippen LogP contribution in [-0.2, 0) is 20.9 Å². The Hall–Kier alpha value is -2.87. The third kappa shape index (κ3) is 6.94. The van der Waals surface area contributed by atoms with E-state index in [9.17, 15) is 14.4 Å². The molecular weight excluding hydrogens is 354 g/mol. The number of thiophene rings is 1. The Bertz CT molecular complexity index is 719. The lowest BCUT2D eigenvalue weighted by molar-refractivity contribution is -0.151. The van der Waals surface area contributed by atoms with E-state index in [0.29, 0.717) is 12.2 Å². The van der Waals surface area contributed by atoms with Gasteiger partial charge in [-0.1, -0.05) is 18.2 Å². The number of para-hydroxylation sites is 1. The lowest BCUT2D eigenvalue weighted by Crippen LogP contribution is -2.32. The van der Waals surface area contributed by atoms with Gasteiger partial charge in [0, 0.05) is 25.8 Å². The number of nitrogens with zero attached hydrogens (tertiary/aromatic N) is 1. The molecule has 0 spiro atoms. The Morgan fingerprint density at radius 2 is 1.92 bits per heavy atom. The zero-order chi connectivity index (χ0) is 18.8. The van der Waals surface area contributed by atoms with Crippen molar-refractivity contribution in [3.05, 3.63) is 52.7 Å². The van der Waals surface area contributed by atoms with Crippen LogP contribution in [-0.4, -0.2) is 43.0 Å². The smallest absolute Gasteiger partial charge is 0.319 e. The molecule has 1 heterocycles. The Kier molecular flexibility index (Phi) is 7.63. The van der Waals surface area contributed by atoms with Gasteiger partial charge in [0.1, 0.15) is 0 Å². The summed E-state index contributed by atoms with van der Waals surface area (Å²) in [6, 6.07) is 10.5. The topological polar surface area (TPSA) is 87.7 Å². The molecular formula is C18H21N3O4S. The van der Waals surface area contributed by atoms with Crippen molar-refractivity contribution in [2.75, 3.05) is 25.5 Å². The molecule has 7 nitrogen and oxygen atoms in total. The molecule has 1 aromatic carbocycles. The van der Waals surface area contributed by atoms with Crippen molar-refractivity contribution in [2.24, 2.45) is 0 Å². The van der Waals surface area contributed by atoms with Gasteiger partial charge in [0.2, 0.25) is 0 Å². The molecule has 1 aromatic heterocycles. The normalized spacial score (nSPS) is 10.0. The number of carbonyl (C=O) groups is 3. The van der Waals surface area contributed by atoms with Crippen LogP contribution in [0.1, 0.15) is 12.0 Å². The van der Waals surface area contributed by atoms with Crippen molar-refractivity contribution < 1.29 is 19.1 Å². The molecule has 0 atom stereocenters. The fraction of sp³-hybridized carbons (Fsp3) is 0.278. The third-order valence-corrected chi connectivity index (χ3v) is 4.16. The average Bonchev–Trinajstić information content (AvgIpc) is 3.13. The first-order valence-electron chi connectivity index (χ1n) is 8.05. The van der Waals surface area contributed by atoms with Crippen LogP contribution >= 0.6 is 11.3 Å². The molecule has 0 fully saturated rings. The molecule has 0 bridgehead atoms. The second-order valence-corrected chi connectivity index (χ2v) is 6.32. The van der Waals surface area contributed by atoms with Gasteiger partial charge in [-0.2, -0.15) is 11.3 Å². The fourth-order valence-electron chi connectivity index (χ4n) is 2.04.